The molecule has 122 valence electrons. The number of hydrazone groups is 1. The minimum Gasteiger partial charge on any atom is -0.275 e. The molecule has 0 saturated heterocycles. The Labute approximate surface area is 141 Å². The van der Waals surface area contributed by atoms with Crippen LogP contribution in [0.25, 0.3) is 0 Å². The van der Waals surface area contributed by atoms with Crippen molar-refractivity contribution in [2.75, 3.05) is 5.43 Å². The monoisotopic (exact) mass is 388 g/mol. The van der Waals surface area contributed by atoms with Crippen molar-refractivity contribution in [1.29, 1.82) is 0 Å². The largest absolute Gasteiger partial charge is 0.275 e. The lowest BCUT2D eigenvalue weighted by molar-refractivity contribution is 0.377. The van der Waals surface area contributed by atoms with Gasteiger partial charge < -0.3 is 0 Å². The van der Waals surface area contributed by atoms with Crippen LogP contribution < -0.4 is 5.43 Å². The van der Waals surface area contributed by atoms with Crippen molar-refractivity contribution in [2.24, 2.45) is 5.10 Å². The van der Waals surface area contributed by atoms with E-state index in [0.717, 1.165) is 0 Å². The molecule has 2 nitrogen and oxygen atoms in total. The Morgan fingerprint density at radius 1 is 0.783 bits per heavy atom. The van der Waals surface area contributed by atoms with Crippen molar-refractivity contribution < 1.29 is 22.0 Å². The zero-order valence-electron chi connectivity index (χ0n) is 10.7. The van der Waals surface area contributed by atoms with Crippen LogP contribution in [0.3, 0.4) is 0 Å². The van der Waals surface area contributed by atoms with Crippen molar-refractivity contribution in [2.45, 2.75) is 0 Å². The van der Waals surface area contributed by atoms with E-state index in [2.05, 4.69) is 10.5 Å². The lowest BCUT2D eigenvalue weighted by Gasteiger charge is -2.07. The van der Waals surface area contributed by atoms with Gasteiger partial charge in [-0.25, -0.2) is 22.0 Å². The number of hydrogen-bond donors (Lipinski definition) is 1. The second-order valence-corrected chi connectivity index (χ2v) is 5.35. The van der Waals surface area contributed by atoms with E-state index >= 15 is 0 Å². The van der Waals surface area contributed by atoms with E-state index in [-0.39, 0.29) is 20.8 Å². The number of anilines is 1. The summed E-state index contributed by atoms with van der Waals surface area (Å²) in [4.78, 5) is 0. The average Bonchev–Trinajstić information content (AvgIpc) is 2.48. The predicted octanol–water partition coefficient (Wildman–Crippen LogP) is 5.79. The van der Waals surface area contributed by atoms with Crippen molar-refractivity contribution in [3.05, 3.63) is 61.9 Å². The Morgan fingerprint density at radius 3 is 1.70 bits per heavy atom. The van der Waals surface area contributed by atoms with Crippen molar-refractivity contribution in [3.8, 4) is 0 Å². The van der Waals surface area contributed by atoms with Gasteiger partial charge in [-0.2, -0.15) is 5.10 Å². The number of nitrogens with zero attached hydrogens (tertiary/aromatic N) is 1. The number of nitrogens with one attached hydrogen (secondary N) is 1. The topological polar surface area (TPSA) is 24.4 Å². The van der Waals surface area contributed by atoms with Crippen LogP contribution in [0.4, 0.5) is 27.6 Å². The molecular weight excluding hydrogens is 386 g/mol. The lowest BCUT2D eigenvalue weighted by Crippen LogP contribution is -2.07. The molecule has 0 amide bonds. The molecule has 0 fully saturated rings. The first-order valence-electron chi connectivity index (χ1n) is 5.69. The van der Waals surface area contributed by atoms with Gasteiger partial charge in [-0.1, -0.05) is 34.8 Å². The summed E-state index contributed by atoms with van der Waals surface area (Å²) in [7, 11) is 0. The van der Waals surface area contributed by atoms with Crippen LogP contribution in [0.1, 0.15) is 5.56 Å². The van der Waals surface area contributed by atoms with E-state index in [1.165, 1.54) is 12.1 Å². The van der Waals surface area contributed by atoms with Crippen LogP contribution in [0.2, 0.25) is 15.1 Å². The number of hydrogen-bond acceptors (Lipinski definition) is 2. The van der Waals surface area contributed by atoms with Gasteiger partial charge in [0.2, 0.25) is 5.82 Å². The molecule has 1 N–H and O–H groups in total. The minimum atomic E-state index is -2.26. The highest BCUT2D eigenvalue weighted by molar-refractivity contribution is 6.41. The van der Waals surface area contributed by atoms with E-state index in [4.69, 9.17) is 34.8 Å². The van der Waals surface area contributed by atoms with E-state index in [0.29, 0.717) is 6.21 Å². The summed E-state index contributed by atoms with van der Waals surface area (Å²) in [5.41, 5.74) is 1.07. The molecule has 10 heteroatoms. The highest BCUT2D eigenvalue weighted by atomic mass is 35.5. The fourth-order valence-corrected chi connectivity index (χ4v) is 2.45. The summed E-state index contributed by atoms with van der Waals surface area (Å²) in [6.45, 7) is 0. The lowest BCUT2D eigenvalue weighted by atomic mass is 10.2. The molecule has 0 aliphatic carbocycles. The molecule has 0 aromatic heterocycles. The third-order valence-corrected chi connectivity index (χ3v) is 3.44. The quantitative estimate of drug-likeness (QED) is 0.232. The van der Waals surface area contributed by atoms with E-state index in [9.17, 15) is 22.0 Å². The van der Waals surface area contributed by atoms with Gasteiger partial charge in [0.25, 0.3) is 0 Å². The molecule has 0 aliphatic rings. The molecular formula is C13H4Cl3F5N2. The van der Waals surface area contributed by atoms with Gasteiger partial charge in [0.1, 0.15) is 0 Å². The first-order chi connectivity index (χ1) is 10.7. The maximum Gasteiger partial charge on any atom is 0.200 e. The summed E-state index contributed by atoms with van der Waals surface area (Å²) < 4.78 is 65.8. The third-order valence-electron chi connectivity index (χ3n) is 2.62. The molecule has 2 aromatic carbocycles. The minimum absolute atomic E-state index is 0.0389. The Bertz CT molecular complexity index is 759. The predicted molar refractivity (Wildman–Crippen MR) is 78.9 cm³/mol. The van der Waals surface area contributed by atoms with Gasteiger partial charge in [-0.05, 0) is 12.1 Å². The maximum atomic E-state index is 13.4. The van der Waals surface area contributed by atoms with Gasteiger partial charge in [0.05, 0.1) is 27.5 Å². The average molecular weight is 390 g/mol. The van der Waals surface area contributed by atoms with Crippen molar-refractivity contribution >= 4 is 46.7 Å². The smallest absolute Gasteiger partial charge is 0.200 e. The molecule has 0 heterocycles. The molecule has 2 aromatic rings. The first kappa shape index (κ1) is 17.8. The molecule has 0 saturated carbocycles. The van der Waals surface area contributed by atoms with Crippen molar-refractivity contribution in [3.63, 3.8) is 0 Å². The van der Waals surface area contributed by atoms with Crippen LogP contribution in [0.5, 0.6) is 0 Å². The Hall–Kier alpha value is -1.57. The van der Waals surface area contributed by atoms with Gasteiger partial charge >= 0.3 is 0 Å². The fraction of sp³-hybridized carbons (Fsp3) is 0. The van der Waals surface area contributed by atoms with E-state index in [1.807, 2.05) is 0 Å². The summed E-state index contributed by atoms with van der Waals surface area (Å²) in [6.07, 6.45) is 0.414. The molecule has 0 spiro atoms. The molecule has 23 heavy (non-hydrogen) atoms. The summed E-state index contributed by atoms with van der Waals surface area (Å²) in [6, 6.07) is 2.62. The number of halogens is 8. The second-order valence-electron chi connectivity index (χ2n) is 4.10. The highest BCUT2D eigenvalue weighted by Crippen LogP contribution is 2.33. The van der Waals surface area contributed by atoms with Crippen LogP contribution in [-0.4, -0.2) is 6.21 Å². The van der Waals surface area contributed by atoms with Crippen LogP contribution in [0, 0.1) is 29.1 Å². The highest BCUT2D eigenvalue weighted by Gasteiger charge is 2.24. The molecule has 0 atom stereocenters. The molecule has 0 radical (unpaired) electrons. The summed E-state index contributed by atoms with van der Waals surface area (Å²) in [5, 5.41) is 3.68. The molecule has 2 rings (SSSR count). The van der Waals surface area contributed by atoms with Crippen LogP contribution in [-0.2, 0) is 0 Å². The summed E-state index contributed by atoms with van der Waals surface area (Å²) >= 11 is 17.3. The van der Waals surface area contributed by atoms with Gasteiger partial charge in [-0.3, -0.25) is 5.43 Å². The molecule has 0 aliphatic heterocycles. The van der Waals surface area contributed by atoms with Gasteiger partial charge in [0.15, 0.2) is 23.3 Å². The van der Waals surface area contributed by atoms with Gasteiger partial charge in [0, 0.05) is 5.02 Å². The zero-order valence-corrected chi connectivity index (χ0v) is 13.0. The van der Waals surface area contributed by atoms with E-state index in [1.54, 1.807) is 0 Å². The zero-order chi connectivity index (χ0) is 17.3. The van der Waals surface area contributed by atoms with Gasteiger partial charge in [-0.15, -0.1) is 0 Å². The summed E-state index contributed by atoms with van der Waals surface area (Å²) in [5.74, 6) is -10.4. The van der Waals surface area contributed by atoms with E-state index < -0.39 is 34.6 Å². The van der Waals surface area contributed by atoms with Crippen LogP contribution >= 0.6 is 34.8 Å². The second kappa shape index (κ2) is 6.90. The third kappa shape index (κ3) is 3.52. The molecule has 0 bridgehead atoms. The Balaban J connectivity index is 2.36. The Morgan fingerprint density at radius 2 is 1.22 bits per heavy atom. The maximum absolute atomic E-state index is 13.4. The molecule has 0 unspecified atom stereocenters. The first-order valence-corrected chi connectivity index (χ1v) is 6.82. The Kier molecular flexibility index (Phi) is 5.33. The fourth-order valence-electron chi connectivity index (χ4n) is 1.55. The van der Waals surface area contributed by atoms with Crippen molar-refractivity contribution in [1.82, 2.24) is 0 Å². The van der Waals surface area contributed by atoms with Crippen LogP contribution in [0.15, 0.2) is 17.2 Å². The SMILES string of the molecule is Fc1c(F)c(F)c(/C=N/Nc2c(Cl)cc(Cl)cc2Cl)c(F)c1F. The normalized spacial score (nSPS) is 11.3. The number of benzene rings is 2. The standard InChI is InChI=1S/C13H4Cl3F5N2/c14-4-1-6(15)13(7(16)2-4)23-22-3-5-8(17)10(19)12(21)11(20)9(5)18/h1-3,23H/b22-3+. The number of rotatable bonds is 3.